The molecule has 0 radical (unpaired) electrons. The molecule has 1 aliphatic rings. The number of hydrogen-bond donors (Lipinski definition) is 4. The van der Waals surface area contributed by atoms with Crippen LogP contribution >= 0.6 is 7.60 Å². The van der Waals surface area contributed by atoms with Crippen LogP contribution in [0.25, 0.3) is 11.2 Å². The number of carbonyl (C=O) groups is 1. The van der Waals surface area contributed by atoms with E-state index in [2.05, 4.69) is 20.3 Å². The van der Waals surface area contributed by atoms with Gasteiger partial charge in [0.1, 0.15) is 24.3 Å². The minimum atomic E-state index is -4.94. The minimum absolute atomic E-state index is 0.0637. The Morgan fingerprint density at radius 3 is 2.63 bits per heavy atom. The van der Waals surface area contributed by atoms with Crippen LogP contribution in [0.5, 0.6) is 0 Å². The van der Waals surface area contributed by atoms with Crippen LogP contribution in [-0.2, 0) is 9.30 Å². The molecule has 0 bridgehead atoms. The summed E-state index contributed by atoms with van der Waals surface area (Å²) in [6, 6.07) is 8.38. The van der Waals surface area contributed by atoms with Crippen molar-refractivity contribution in [1.29, 1.82) is 0 Å². The van der Waals surface area contributed by atoms with Gasteiger partial charge in [-0.1, -0.05) is 18.2 Å². The lowest BCUT2D eigenvalue weighted by Crippen LogP contribution is -2.29. The number of hydrogen-bond acceptors (Lipinski definition) is 7. The quantitative estimate of drug-likeness (QED) is 0.424. The van der Waals surface area contributed by atoms with E-state index < -0.39 is 44.3 Å². The van der Waals surface area contributed by atoms with Gasteiger partial charge < -0.3 is 24.9 Å². The van der Waals surface area contributed by atoms with E-state index in [-0.39, 0.29) is 17.0 Å². The van der Waals surface area contributed by atoms with Crippen LogP contribution in [-0.4, -0.2) is 64.9 Å². The Balaban J connectivity index is 1.71. The molecule has 0 unspecified atom stereocenters. The summed E-state index contributed by atoms with van der Waals surface area (Å²) in [5, 5.41) is 11.9. The van der Waals surface area contributed by atoms with Crippen LogP contribution < -0.4 is 5.32 Å². The number of benzene rings is 1. The van der Waals surface area contributed by atoms with Crippen LogP contribution in [0.2, 0.25) is 0 Å². The highest BCUT2D eigenvalue weighted by Crippen LogP contribution is 2.54. The molecular formula is C17H17FN5O6P. The van der Waals surface area contributed by atoms with Crippen molar-refractivity contribution in [3.8, 4) is 0 Å². The number of nitrogens with one attached hydrogen (secondary N) is 1. The second kappa shape index (κ2) is 7.82. The number of nitrogens with zero attached hydrogens (tertiary/aromatic N) is 4. The summed E-state index contributed by atoms with van der Waals surface area (Å²) in [5.41, 5.74) is -1.28. The summed E-state index contributed by atoms with van der Waals surface area (Å²) in [6.45, 7) is -0.756. The minimum Gasteiger partial charge on any atom is -0.394 e. The van der Waals surface area contributed by atoms with Gasteiger partial charge in [0.05, 0.1) is 12.9 Å². The molecule has 1 fully saturated rings. The Kier molecular flexibility index (Phi) is 5.35. The van der Waals surface area contributed by atoms with Crippen LogP contribution in [0, 0.1) is 0 Å². The topological polar surface area (TPSA) is 160 Å². The molecule has 13 heteroatoms. The largest absolute Gasteiger partial charge is 0.394 e. The molecule has 0 aliphatic carbocycles. The average Bonchev–Trinajstić information content (AvgIpc) is 3.29. The predicted molar refractivity (Wildman–Crippen MR) is 101 cm³/mol. The van der Waals surface area contributed by atoms with Crippen molar-refractivity contribution in [2.75, 3.05) is 11.9 Å². The number of imidazole rings is 1. The fourth-order valence-corrected chi connectivity index (χ4v) is 4.45. The van der Waals surface area contributed by atoms with E-state index in [9.17, 15) is 28.6 Å². The zero-order valence-electron chi connectivity index (χ0n) is 15.2. The van der Waals surface area contributed by atoms with Crippen molar-refractivity contribution >= 4 is 30.5 Å². The summed E-state index contributed by atoms with van der Waals surface area (Å²) in [7, 11) is -4.94. The molecule has 4 rings (SSSR count). The normalized spacial score (nSPS) is 24.3. The van der Waals surface area contributed by atoms with Gasteiger partial charge in [0.2, 0.25) is 0 Å². The first kappa shape index (κ1) is 20.5. The molecule has 4 N–H and O–H groups in total. The maximum absolute atomic E-state index is 14.5. The molecule has 0 spiro atoms. The molecule has 30 heavy (non-hydrogen) atoms. The van der Waals surface area contributed by atoms with Gasteiger partial charge in [-0.2, -0.15) is 0 Å². The molecule has 2 aromatic heterocycles. The van der Waals surface area contributed by atoms with E-state index >= 15 is 0 Å². The van der Waals surface area contributed by atoms with Crippen molar-refractivity contribution in [1.82, 2.24) is 19.5 Å². The molecule has 1 aromatic carbocycles. The molecule has 158 valence electrons. The van der Waals surface area contributed by atoms with Crippen LogP contribution in [0.15, 0.2) is 43.0 Å². The van der Waals surface area contributed by atoms with Crippen molar-refractivity contribution in [2.24, 2.45) is 0 Å². The number of rotatable bonds is 5. The second-order valence-electron chi connectivity index (χ2n) is 6.64. The maximum Gasteiger partial charge on any atom is 0.336 e. The lowest BCUT2D eigenvalue weighted by Gasteiger charge is -2.21. The van der Waals surface area contributed by atoms with E-state index in [1.807, 2.05) is 0 Å². The number of aliphatic hydroxyl groups excluding tert-OH is 1. The third-order valence-electron chi connectivity index (χ3n) is 4.76. The number of anilines is 1. The number of fused-ring (bicyclic) bond motifs is 1. The highest BCUT2D eigenvalue weighted by Gasteiger charge is 2.54. The summed E-state index contributed by atoms with van der Waals surface area (Å²) in [6.07, 6.45) is -2.69. The first-order valence-electron chi connectivity index (χ1n) is 8.81. The van der Waals surface area contributed by atoms with Gasteiger partial charge in [-0.15, -0.1) is 0 Å². The third kappa shape index (κ3) is 3.59. The van der Waals surface area contributed by atoms with E-state index in [4.69, 9.17) is 4.74 Å². The van der Waals surface area contributed by atoms with Crippen molar-refractivity contribution < 1.29 is 33.4 Å². The number of amides is 1. The van der Waals surface area contributed by atoms with Gasteiger partial charge in [0.15, 0.2) is 23.2 Å². The van der Waals surface area contributed by atoms with E-state index in [0.29, 0.717) is 5.56 Å². The smallest absolute Gasteiger partial charge is 0.336 e. The summed E-state index contributed by atoms with van der Waals surface area (Å²) >= 11 is 0. The lowest BCUT2D eigenvalue weighted by atomic mass is 10.2. The summed E-state index contributed by atoms with van der Waals surface area (Å²) in [5.74, 6) is -0.381. The van der Waals surface area contributed by atoms with E-state index in [1.54, 1.807) is 30.3 Å². The Labute approximate surface area is 168 Å². The van der Waals surface area contributed by atoms with E-state index in [0.717, 1.165) is 17.2 Å². The molecule has 3 heterocycles. The average molecular weight is 437 g/mol. The van der Waals surface area contributed by atoms with Crippen molar-refractivity contribution in [3.63, 3.8) is 0 Å². The molecule has 3 aromatic rings. The van der Waals surface area contributed by atoms with Crippen LogP contribution in [0.1, 0.15) is 16.6 Å². The molecule has 4 atom stereocenters. The third-order valence-corrected chi connectivity index (χ3v) is 6.07. The maximum atomic E-state index is 14.5. The molecular weight excluding hydrogens is 420 g/mol. The molecule has 0 saturated carbocycles. The SMILES string of the molecule is O=C(Nc1ncnc2c1ncn2[C@@H]1O[C@H](CO)[C@@H](F)[C@H]1P(=O)(O)O)c1ccccc1. The Morgan fingerprint density at radius 1 is 1.23 bits per heavy atom. The highest BCUT2D eigenvalue weighted by molar-refractivity contribution is 7.52. The molecule has 1 saturated heterocycles. The lowest BCUT2D eigenvalue weighted by molar-refractivity contribution is -0.0324. The number of halogens is 1. The number of aromatic nitrogens is 4. The standard InChI is InChI=1S/C17H17FN5O6P/c18-11-10(6-24)29-17(13(11)30(26,27)28)23-8-21-12-14(19-7-20-15(12)23)22-16(25)9-4-2-1-3-5-9/h1-5,7-8,10-11,13,17,24H,6H2,(H2,26,27,28)(H,19,20,22,25)/t10-,11-,13-,17-/m1/s1. The molecule has 1 amide bonds. The number of ether oxygens (including phenoxy) is 1. The predicted octanol–water partition coefficient (Wildman–Crippen LogP) is 0.853. The van der Waals surface area contributed by atoms with Gasteiger partial charge >= 0.3 is 7.60 Å². The van der Waals surface area contributed by atoms with Crippen LogP contribution in [0.3, 0.4) is 0 Å². The van der Waals surface area contributed by atoms with Gasteiger partial charge in [-0.3, -0.25) is 13.9 Å². The Hall–Kier alpha value is -2.76. The first-order valence-corrected chi connectivity index (χ1v) is 10.5. The summed E-state index contributed by atoms with van der Waals surface area (Å²) < 4.78 is 32.9. The monoisotopic (exact) mass is 437 g/mol. The van der Waals surface area contributed by atoms with Gasteiger partial charge in [0.25, 0.3) is 5.91 Å². The van der Waals surface area contributed by atoms with Gasteiger partial charge in [-0.05, 0) is 12.1 Å². The molecule has 1 aliphatic heterocycles. The molecule has 11 nitrogen and oxygen atoms in total. The van der Waals surface area contributed by atoms with E-state index in [1.165, 1.54) is 0 Å². The zero-order chi connectivity index (χ0) is 21.5. The van der Waals surface area contributed by atoms with Gasteiger partial charge in [0, 0.05) is 5.56 Å². The number of aliphatic hydroxyl groups is 1. The Morgan fingerprint density at radius 2 is 1.97 bits per heavy atom. The fourth-order valence-electron chi connectivity index (χ4n) is 3.34. The van der Waals surface area contributed by atoms with Crippen molar-refractivity contribution in [3.05, 3.63) is 48.5 Å². The highest BCUT2D eigenvalue weighted by atomic mass is 31.2. The zero-order valence-corrected chi connectivity index (χ0v) is 16.1. The second-order valence-corrected chi connectivity index (χ2v) is 8.41. The van der Waals surface area contributed by atoms with Gasteiger partial charge in [-0.25, -0.2) is 19.3 Å². The fraction of sp³-hybridized carbons (Fsp3) is 0.294. The Bertz CT molecular complexity index is 1120. The number of carbonyl (C=O) groups excluding carboxylic acids is 1. The van der Waals surface area contributed by atoms with Crippen molar-refractivity contribution in [2.45, 2.75) is 24.2 Å². The van der Waals surface area contributed by atoms with Crippen LogP contribution in [0.4, 0.5) is 10.2 Å². The number of alkyl halides is 1. The summed E-state index contributed by atoms with van der Waals surface area (Å²) in [4.78, 5) is 43.8. The first-order chi connectivity index (χ1) is 14.3.